The molecule has 2 N–H and O–H groups in total. The highest BCUT2D eigenvalue weighted by Crippen LogP contribution is 2.27. The lowest BCUT2D eigenvalue weighted by Crippen LogP contribution is -2.40. The average Bonchev–Trinajstić information content (AvgIpc) is 2.71. The van der Waals surface area contributed by atoms with Crippen molar-refractivity contribution in [3.8, 4) is 0 Å². The van der Waals surface area contributed by atoms with Crippen molar-refractivity contribution in [3.05, 3.63) is 58.7 Å². The zero-order valence-corrected chi connectivity index (χ0v) is 19.5. The van der Waals surface area contributed by atoms with Gasteiger partial charge in [-0.05, 0) is 55.0 Å². The van der Waals surface area contributed by atoms with Crippen LogP contribution in [0.2, 0.25) is 0 Å². The Kier molecular flexibility index (Phi) is 9.21. The van der Waals surface area contributed by atoms with Crippen molar-refractivity contribution in [1.29, 1.82) is 0 Å². The van der Waals surface area contributed by atoms with E-state index in [0.717, 1.165) is 33.6 Å². The maximum absolute atomic E-state index is 12.8. The summed E-state index contributed by atoms with van der Waals surface area (Å²) in [5.74, 6) is -0.00801. The number of carbonyl (C=O) groups excluding carboxylic acids is 2. The second-order valence-electron chi connectivity index (χ2n) is 8.24. The molecule has 2 aromatic carbocycles. The molecule has 0 atom stereocenters. The molecule has 6 nitrogen and oxygen atoms in total. The molecule has 0 aliphatic rings. The fourth-order valence-corrected chi connectivity index (χ4v) is 3.44. The highest BCUT2D eigenvalue weighted by Gasteiger charge is 2.18. The van der Waals surface area contributed by atoms with Crippen molar-refractivity contribution in [2.45, 2.75) is 40.5 Å². The fraction of sp³-hybridized carbons (Fsp3) is 0.440. The van der Waals surface area contributed by atoms with E-state index in [4.69, 9.17) is 4.74 Å². The molecule has 168 valence electrons. The van der Waals surface area contributed by atoms with Gasteiger partial charge in [0.25, 0.3) is 0 Å². The van der Waals surface area contributed by atoms with Gasteiger partial charge in [0.2, 0.25) is 11.8 Å². The Morgan fingerprint density at radius 2 is 1.55 bits per heavy atom. The van der Waals surface area contributed by atoms with Crippen LogP contribution in [0.25, 0.3) is 0 Å². The molecule has 0 heterocycles. The summed E-state index contributed by atoms with van der Waals surface area (Å²) >= 11 is 0. The molecular weight excluding hydrogens is 390 g/mol. The maximum atomic E-state index is 12.8. The zero-order chi connectivity index (χ0) is 23.0. The van der Waals surface area contributed by atoms with Crippen LogP contribution in [0, 0.1) is 20.8 Å². The number of aryl methyl sites for hydroxylation is 2. The predicted molar refractivity (Wildman–Crippen MR) is 127 cm³/mol. The highest BCUT2D eigenvalue weighted by molar-refractivity contribution is 5.96. The van der Waals surface area contributed by atoms with E-state index in [0.29, 0.717) is 19.1 Å². The third kappa shape index (κ3) is 7.19. The van der Waals surface area contributed by atoms with Gasteiger partial charge in [-0.3, -0.25) is 14.5 Å². The molecule has 0 aromatic heterocycles. The number of hydrogen-bond donors (Lipinski definition) is 2. The highest BCUT2D eigenvalue weighted by atomic mass is 16.5. The number of benzene rings is 2. The van der Waals surface area contributed by atoms with Crippen molar-refractivity contribution in [3.63, 3.8) is 0 Å². The van der Waals surface area contributed by atoms with Crippen LogP contribution >= 0.6 is 0 Å². The molecular formula is C25H35N3O3. The Hall–Kier alpha value is -2.70. The molecule has 0 unspecified atom stereocenters. The van der Waals surface area contributed by atoms with Crippen molar-refractivity contribution < 1.29 is 14.3 Å². The number of nitrogens with one attached hydrogen (secondary N) is 2. The minimum atomic E-state index is -0.156. The number of hydrogen-bond acceptors (Lipinski definition) is 4. The third-order valence-electron chi connectivity index (χ3n) is 5.42. The molecule has 0 aliphatic heterocycles. The van der Waals surface area contributed by atoms with Gasteiger partial charge >= 0.3 is 0 Å². The van der Waals surface area contributed by atoms with Gasteiger partial charge in [-0.2, -0.15) is 0 Å². The molecule has 6 heteroatoms. The summed E-state index contributed by atoms with van der Waals surface area (Å²) in [7, 11) is 1.61. The lowest BCUT2D eigenvalue weighted by atomic mass is 9.98. The number of anilines is 2. The van der Waals surface area contributed by atoms with Crippen LogP contribution in [0.15, 0.2) is 36.4 Å². The van der Waals surface area contributed by atoms with E-state index >= 15 is 0 Å². The Bertz CT molecular complexity index is 909. The molecule has 2 amide bonds. The lowest BCUT2D eigenvalue weighted by molar-refractivity contribution is -0.120. The minimum Gasteiger partial charge on any atom is -0.383 e. The van der Waals surface area contributed by atoms with Crippen molar-refractivity contribution in [2.75, 3.05) is 44.0 Å². The summed E-state index contributed by atoms with van der Waals surface area (Å²) in [5.41, 5.74) is 5.93. The van der Waals surface area contributed by atoms with Gasteiger partial charge in [-0.25, -0.2) is 0 Å². The van der Waals surface area contributed by atoms with Crippen LogP contribution in [0.3, 0.4) is 0 Å². The fourth-order valence-electron chi connectivity index (χ4n) is 3.44. The second-order valence-corrected chi connectivity index (χ2v) is 8.24. The summed E-state index contributed by atoms with van der Waals surface area (Å²) in [4.78, 5) is 27.3. The number of methoxy groups -OCH3 is 1. The number of amides is 2. The minimum absolute atomic E-state index is 0.106. The molecule has 2 aromatic rings. The first-order chi connectivity index (χ1) is 14.7. The first kappa shape index (κ1) is 24.6. The normalized spacial score (nSPS) is 11.1. The summed E-state index contributed by atoms with van der Waals surface area (Å²) in [6, 6.07) is 11.8. The standard InChI is InChI=1S/C25H35N3O3/c1-17(2)21-11-7-10-19(4)25(21)27-24(30)16-28(13-14-31-6)15-23(29)26-22-12-8-9-18(3)20(22)5/h7-12,17H,13-16H2,1-6H3,(H,26,29)(H,27,30). The van der Waals surface area contributed by atoms with Gasteiger partial charge in [0.1, 0.15) is 0 Å². The summed E-state index contributed by atoms with van der Waals surface area (Å²) in [6.45, 7) is 11.3. The monoisotopic (exact) mass is 425 g/mol. The molecule has 0 fully saturated rings. The molecule has 0 saturated carbocycles. The Morgan fingerprint density at radius 1 is 0.935 bits per heavy atom. The smallest absolute Gasteiger partial charge is 0.238 e. The maximum Gasteiger partial charge on any atom is 0.238 e. The number of para-hydroxylation sites is 1. The van der Waals surface area contributed by atoms with Crippen LogP contribution in [-0.4, -0.2) is 50.1 Å². The van der Waals surface area contributed by atoms with Gasteiger partial charge in [-0.1, -0.05) is 44.2 Å². The first-order valence-electron chi connectivity index (χ1n) is 10.7. The summed E-state index contributed by atoms with van der Waals surface area (Å²) in [5, 5.41) is 6.01. The molecule has 0 bridgehead atoms. The largest absolute Gasteiger partial charge is 0.383 e. The van der Waals surface area contributed by atoms with Crippen LogP contribution in [0.5, 0.6) is 0 Å². The van der Waals surface area contributed by atoms with Crippen LogP contribution in [-0.2, 0) is 14.3 Å². The third-order valence-corrected chi connectivity index (χ3v) is 5.42. The first-order valence-corrected chi connectivity index (χ1v) is 10.7. The zero-order valence-electron chi connectivity index (χ0n) is 19.5. The average molecular weight is 426 g/mol. The number of carbonyl (C=O) groups is 2. The number of ether oxygens (including phenoxy) is 1. The van der Waals surface area contributed by atoms with E-state index in [-0.39, 0.29) is 24.9 Å². The van der Waals surface area contributed by atoms with Gasteiger partial charge in [0.05, 0.1) is 19.7 Å². The molecule has 31 heavy (non-hydrogen) atoms. The van der Waals surface area contributed by atoms with E-state index in [1.807, 2.05) is 57.2 Å². The lowest BCUT2D eigenvalue weighted by Gasteiger charge is -2.22. The van der Waals surface area contributed by atoms with E-state index in [2.05, 4.69) is 24.5 Å². The topological polar surface area (TPSA) is 70.7 Å². The van der Waals surface area contributed by atoms with Gasteiger partial charge in [-0.15, -0.1) is 0 Å². The van der Waals surface area contributed by atoms with Crippen molar-refractivity contribution in [2.24, 2.45) is 0 Å². The van der Waals surface area contributed by atoms with E-state index in [1.54, 1.807) is 12.0 Å². The molecule has 0 aliphatic carbocycles. The summed E-state index contributed by atoms with van der Waals surface area (Å²) in [6.07, 6.45) is 0. The van der Waals surface area contributed by atoms with Crippen LogP contribution < -0.4 is 10.6 Å². The Labute approximate surface area is 186 Å². The predicted octanol–water partition coefficient (Wildman–Crippen LogP) is 4.26. The van der Waals surface area contributed by atoms with Crippen molar-refractivity contribution in [1.82, 2.24) is 4.90 Å². The molecule has 2 rings (SSSR count). The number of rotatable bonds is 10. The second kappa shape index (κ2) is 11.6. The summed E-state index contributed by atoms with van der Waals surface area (Å²) < 4.78 is 5.17. The van der Waals surface area contributed by atoms with E-state index in [1.165, 1.54) is 0 Å². The molecule has 0 radical (unpaired) electrons. The number of nitrogens with zero attached hydrogens (tertiary/aromatic N) is 1. The van der Waals surface area contributed by atoms with Gasteiger partial charge in [0.15, 0.2) is 0 Å². The Balaban J connectivity index is 2.06. The molecule has 0 saturated heterocycles. The van der Waals surface area contributed by atoms with E-state index in [9.17, 15) is 9.59 Å². The van der Waals surface area contributed by atoms with Crippen LogP contribution in [0.4, 0.5) is 11.4 Å². The van der Waals surface area contributed by atoms with Gasteiger partial charge < -0.3 is 15.4 Å². The van der Waals surface area contributed by atoms with Crippen molar-refractivity contribution >= 4 is 23.2 Å². The van der Waals surface area contributed by atoms with Crippen LogP contribution in [0.1, 0.15) is 42.0 Å². The van der Waals surface area contributed by atoms with Gasteiger partial charge in [0, 0.05) is 25.0 Å². The SMILES string of the molecule is COCCN(CC(=O)Nc1cccc(C)c1C)CC(=O)Nc1c(C)cccc1C(C)C. The van der Waals surface area contributed by atoms with E-state index < -0.39 is 0 Å². The molecule has 0 spiro atoms. The quantitative estimate of drug-likeness (QED) is 0.597. The Morgan fingerprint density at radius 3 is 2.19 bits per heavy atom.